The highest BCUT2D eigenvalue weighted by atomic mass is 19.3. The van der Waals surface area contributed by atoms with Crippen molar-refractivity contribution < 1.29 is 45.8 Å². The third-order valence-corrected chi connectivity index (χ3v) is 12.0. The first-order valence-corrected chi connectivity index (χ1v) is 18.9. The molecule has 2 bridgehead atoms. The number of nitrogens with one attached hydrogen (secondary N) is 1. The van der Waals surface area contributed by atoms with Crippen LogP contribution in [0.1, 0.15) is 107 Å². The van der Waals surface area contributed by atoms with E-state index in [9.17, 15) is 32.3 Å². The molecule has 54 heavy (non-hydrogen) atoms. The maximum atomic E-state index is 15.3. The molecule has 4 aliphatic rings. The fourth-order valence-electron chi connectivity index (χ4n) is 9.55. The van der Waals surface area contributed by atoms with Gasteiger partial charge in [0.05, 0.1) is 17.6 Å². The minimum atomic E-state index is -3.61. The van der Waals surface area contributed by atoms with Crippen molar-refractivity contribution in [1.29, 1.82) is 0 Å². The SMILES string of the molecule is CC1CC2CC(C1)C(NC(=O)c1cnc(-c3cn(C4CCC(F)(F)CC4)c4cc(OC5CCN(CC(C)(F)F)CC5)ccc34)nc1C(C)(F)F)(C(=O)O)C2. The minimum absolute atomic E-state index is 0.106. The van der Waals surface area contributed by atoms with Gasteiger partial charge in [-0.15, -0.1) is 0 Å². The summed E-state index contributed by atoms with van der Waals surface area (Å²) in [4.78, 5) is 36.7. The summed E-state index contributed by atoms with van der Waals surface area (Å²) in [6.07, 6.45) is 5.52. The van der Waals surface area contributed by atoms with Crippen molar-refractivity contribution in [3.05, 3.63) is 41.9 Å². The Morgan fingerprint density at radius 1 is 1.04 bits per heavy atom. The van der Waals surface area contributed by atoms with E-state index < -0.39 is 46.4 Å². The Labute approximate surface area is 309 Å². The topological polar surface area (TPSA) is 110 Å². The molecule has 1 aromatic carbocycles. The van der Waals surface area contributed by atoms with Crippen molar-refractivity contribution in [2.45, 2.75) is 120 Å². The molecule has 2 aromatic heterocycles. The number of aliphatic carboxylic acids is 1. The Hall–Kier alpha value is -3.88. The number of aromatic nitrogens is 3. The molecule has 3 saturated carbocycles. The predicted molar refractivity (Wildman–Crippen MR) is 188 cm³/mol. The van der Waals surface area contributed by atoms with Crippen LogP contribution in [0.2, 0.25) is 0 Å². The van der Waals surface area contributed by atoms with Crippen molar-refractivity contribution in [1.82, 2.24) is 24.8 Å². The Bertz CT molecular complexity index is 1890. The van der Waals surface area contributed by atoms with Gasteiger partial charge in [-0.2, -0.15) is 8.78 Å². The molecular weight excluding hydrogens is 716 g/mol. The largest absolute Gasteiger partial charge is 0.490 e. The van der Waals surface area contributed by atoms with E-state index in [0.717, 1.165) is 19.5 Å². The number of carboxylic acid groups (broad SMARTS) is 1. The molecule has 7 rings (SSSR count). The van der Waals surface area contributed by atoms with Gasteiger partial charge in [0.25, 0.3) is 17.8 Å². The van der Waals surface area contributed by atoms with Crippen LogP contribution in [-0.2, 0) is 10.7 Å². The molecule has 294 valence electrons. The fourth-order valence-corrected chi connectivity index (χ4v) is 9.55. The number of amides is 1. The number of hydrogen-bond donors (Lipinski definition) is 2. The predicted octanol–water partition coefficient (Wildman–Crippen LogP) is 8.47. The summed E-state index contributed by atoms with van der Waals surface area (Å²) in [5.74, 6) is -10.9. The smallest absolute Gasteiger partial charge is 0.329 e. The van der Waals surface area contributed by atoms with E-state index in [2.05, 4.69) is 15.3 Å². The van der Waals surface area contributed by atoms with Crippen LogP contribution in [0.3, 0.4) is 0 Å². The molecular formula is C39H47F6N5O4. The fraction of sp³-hybridized carbons (Fsp3) is 0.641. The molecule has 0 spiro atoms. The highest BCUT2D eigenvalue weighted by Gasteiger charge is 2.56. The molecule has 9 nitrogen and oxygen atoms in total. The highest BCUT2D eigenvalue weighted by Crippen LogP contribution is 2.51. The summed E-state index contributed by atoms with van der Waals surface area (Å²) in [5.41, 5.74) is -2.02. The van der Waals surface area contributed by atoms with Crippen LogP contribution in [0.5, 0.6) is 5.75 Å². The standard InChI is InChI=1S/C39H47F6N5O4/c1-22-14-23-16-24(15-22)39(18-23,35(52)53)48-34(51)29-19-46-33(47-32(29)37(3,42)43)30-20-50(25-6-10-38(44,45)11-7-25)31-17-27(4-5-28(30)31)54-26-8-12-49(13-9-26)21-36(2,40)41/h4-5,17,19-20,22-26H,6-16,18,21H2,1-3H3,(H,48,51)(H,52,53). The average molecular weight is 764 g/mol. The number of nitrogens with zero attached hydrogens (tertiary/aromatic N) is 4. The lowest BCUT2D eigenvalue weighted by atomic mass is 9.78. The molecule has 2 N–H and O–H groups in total. The molecule has 3 aromatic rings. The van der Waals surface area contributed by atoms with Gasteiger partial charge in [0.15, 0.2) is 5.82 Å². The lowest BCUT2D eigenvalue weighted by Crippen LogP contribution is -2.57. The Balaban J connectivity index is 1.21. The number of carbonyl (C=O) groups excluding carboxylic acids is 1. The molecule has 1 saturated heterocycles. The van der Waals surface area contributed by atoms with E-state index in [-0.39, 0.29) is 74.4 Å². The Kier molecular flexibility index (Phi) is 9.96. The second-order valence-electron chi connectivity index (χ2n) is 16.5. The van der Waals surface area contributed by atoms with E-state index in [4.69, 9.17) is 4.74 Å². The normalized spacial score (nSPS) is 26.9. The molecule has 1 amide bonds. The molecule has 4 fully saturated rings. The van der Waals surface area contributed by atoms with Gasteiger partial charge in [-0.25, -0.2) is 32.3 Å². The van der Waals surface area contributed by atoms with Crippen LogP contribution in [0.4, 0.5) is 26.3 Å². The zero-order valence-electron chi connectivity index (χ0n) is 30.7. The van der Waals surface area contributed by atoms with Crippen molar-refractivity contribution in [3.63, 3.8) is 0 Å². The number of benzene rings is 1. The van der Waals surface area contributed by atoms with Crippen LogP contribution < -0.4 is 10.1 Å². The van der Waals surface area contributed by atoms with Crippen LogP contribution in [0, 0.1) is 17.8 Å². The molecule has 1 aliphatic heterocycles. The number of fused-ring (bicyclic) bond motifs is 3. The minimum Gasteiger partial charge on any atom is -0.490 e. The molecule has 3 heterocycles. The number of piperidine rings is 1. The number of ether oxygens (including phenoxy) is 1. The number of carbonyl (C=O) groups is 2. The van der Waals surface area contributed by atoms with Gasteiger partial charge >= 0.3 is 5.97 Å². The summed E-state index contributed by atoms with van der Waals surface area (Å²) >= 11 is 0. The summed E-state index contributed by atoms with van der Waals surface area (Å²) in [6, 6.07) is 4.86. The summed E-state index contributed by atoms with van der Waals surface area (Å²) in [5, 5.41) is 13.5. The summed E-state index contributed by atoms with van der Waals surface area (Å²) < 4.78 is 94.4. The number of hydrogen-bond acceptors (Lipinski definition) is 6. The molecule has 15 heteroatoms. The van der Waals surface area contributed by atoms with Gasteiger partial charge < -0.3 is 19.7 Å². The van der Waals surface area contributed by atoms with Gasteiger partial charge in [0.2, 0.25) is 5.92 Å². The van der Waals surface area contributed by atoms with E-state index in [1.165, 1.54) is 0 Å². The zero-order chi connectivity index (χ0) is 38.8. The second-order valence-corrected chi connectivity index (χ2v) is 16.5. The maximum Gasteiger partial charge on any atom is 0.329 e. The third-order valence-electron chi connectivity index (χ3n) is 12.0. The molecule has 3 aliphatic carbocycles. The number of likely N-dealkylation sites (tertiary alicyclic amines) is 1. The maximum absolute atomic E-state index is 15.3. The van der Waals surface area contributed by atoms with Crippen molar-refractivity contribution >= 4 is 22.8 Å². The van der Waals surface area contributed by atoms with Gasteiger partial charge in [0, 0.05) is 75.2 Å². The summed E-state index contributed by atoms with van der Waals surface area (Å²) in [7, 11) is 0. The first kappa shape index (κ1) is 38.4. The van der Waals surface area contributed by atoms with Gasteiger partial charge in [-0.05, 0) is 81.3 Å². The second kappa shape index (κ2) is 14.0. The van der Waals surface area contributed by atoms with Gasteiger partial charge in [-0.3, -0.25) is 9.69 Å². The molecule has 0 radical (unpaired) electrons. The number of halogens is 6. The molecule has 4 unspecified atom stereocenters. The quantitative estimate of drug-likeness (QED) is 0.200. The lowest BCUT2D eigenvalue weighted by molar-refractivity contribution is -0.146. The summed E-state index contributed by atoms with van der Waals surface area (Å²) in [6.45, 7) is 4.11. The Morgan fingerprint density at radius 2 is 1.74 bits per heavy atom. The van der Waals surface area contributed by atoms with Crippen molar-refractivity contribution in [2.24, 2.45) is 17.8 Å². The van der Waals surface area contributed by atoms with E-state index in [1.54, 1.807) is 29.3 Å². The van der Waals surface area contributed by atoms with Crippen LogP contribution in [0.25, 0.3) is 22.3 Å². The Morgan fingerprint density at radius 3 is 2.39 bits per heavy atom. The average Bonchev–Trinajstić information content (AvgIpc) is 3.58. The number of carboxylic acids is 1. The first-order chi connectivity index (χ1) is 25.3. The third kappa shape index (κ3) is 7.79. The zero-order valence-corrected chi connectivity index (χ0v) is 30.7. The lowest BCUT2D eigenvalue weighted by Gasteiger charge is -2.33. The number of alkyl halides is 6. The van der Waals surface area contributed by atoms with Crippen molar-refractivity contribution in [3.8, 4) is 17.1 Å². The van der Waals surface area contributed by atoms with E-state index in [0.29, 0.717) is 67.9 Å². The van der Waals surface area contributed by atoms with Crippen LogP contribution >= 0.6 is 0 Å². The number of rotatable bonds is 10. The van der Waals surface area contributed by atoms with E-state index >= 15 is 8.78 Å². The van der Waals surface area contributed by atoms with E-state index in [1.807, 2.05) is 11.5 Å². The monoisotopic (exact) mass is 763 g/mol. The van der Waals surface area contributed by atoms with Gasteiger partial charge in [0.1, 0.15) is 23.1 Å². The van der Waals surface area contributed by atoms with Gasteiger partial charge in [-0.1, -0.05) is 6.92 Å². The highest BCUT2D eigenvalue weighted by molar-refractivity contribution is 6.00. The van der Waals surface area contributed by atoms with Crippen LogP contribution in [0.15, 0.2) is 30.6 Å². The first-order valence-electron chi connectivity index (χ1n) is 18.9. The van der Waals surface area contributed by atoms with Crippen molar-refractivity contribution in [2.75, 3.05) is 19.6 Å². The molecule has 4 atom stereocenters. The van der Waals surface area contributed by atoms with Crippen LogP contribution in [-0.4, -0.2) is 79.5 Å².